The number of carbonyl (C=O) groups is 2. The van der Waals surface area contributed by atoms with Crippen LogP contribution in [0.1, 0.15) is 50.4 Å². The Morgan fingerprint density at radius 1 is 0.750 bits per heavy atom. The van der Waals surface area contributed by atoms with E-state index in [1.54, 1.807) is 59.6 Å². The minimum atomic E-state index is -0.182. The molecule has 8 rings (SSSR count). The molecule has 4 aliphatic rings. The van der Waals surface area contributed by atoms with E-state index in [0.717, 1.165) is 27.3 Å². The molecular formula is C40H37N5O6S. The zero-order valence-electron chi connectivity index (χ0n) is 29.0. The highest BCUT2D eigenvalue weighted by atomic mass is 32.1. The van der Waals surface area contributed by atoms with Crippen molar-refractivity contribution in [1.29, 1.82) is 0 Å². The molecule has 5 heterocycles. The first kappa shape index (κ1) is 33.3. The molecule has 0 saturated heterocycles. The second-order valence-corrected chi connectivity index (χ2v) is 13.7. The van der Waals surface area contributed by atoms with Gasteiger partial charge in [0, 0.05) is 73.8 Å². The van der Waals surface area contributed by atoms with E-state index in [4.69, 9.17) is 23.9 Å². The number of nitrogens with zero attached hydrogens (tertiary/aromatic N) is 4. The van der Waals surface area contributed by atoms with Crippen LogP contribution in [0.15, 0.2) is 88.4 Å². The summed E-state index contributed by atoms with van der Waals surface area (Å²) in [6.45, 7) is 0.640. The second-order valence-electron chi connectivity index (χ2n) is 12.7. The fraction of sp³-hybridized carbons (Fsp3) is 0.250. The van der Waals surface area contributed by atoms with Crippen molar-refractivity contribution in [1.82, 2.24) is 9.80 Å². The highest BCUT2D eigenvalue weighted by Gasteiger charge is 2.35. The van der Waals surface area contributed by atoms with Crippen LogP contribution in [0.25, 0.3) is 11.1 Å². The number of rotatable bonds is 11. The largest absolute Gasteiger partial charge is 0.493 e. The van der Waals surface area contributed by atoms with E-state index < -0.39 is 0 Å². The van der Waals surface area contributed by atoms with Crippen LogP contribution in [0.4, 0.5) is 17.1 Å². The van der Waals surface area contributed by atoms with Gasteiger partial charge in [0.1, 0.15) is 0 Å². The molecule has 12 heteroatoms. The summed E-state index contributed by atoms with van der Waals surface area (Å²) in [5.41, 5.74) is 6.29. The monoisotopic (exact) mass is 715 g/mol. The van der Waals surface area contributed by atoms with Gasteiger partial charge in [-0.25, -0.2) is 0 Å². The van der Waals surface area contributed by atoms with Gasteiger partial charge in [-0.15, -0.1) is 11.3 Å². The average Bonchev–Trinajstić information content (AvgIpc) is 3.93. The normalized spacial score (nSPS) is 18.4. The Labute approximate surface area is 305 Å². The Morgan fingerprint density at radius 2 is 1.31 bits per heavy atom. The maximum Gasteiger partial charge on any atom is 0.260 e. The van der Waals surface area contributed by atoms with E-state index >= 15 is 0 Å². The van der Waals surface area contributed by atoms with Crippen LogP contribution in [-0.4, -0.2) is 80.6 Å². The maximum atomic E-state index is 13.7. The lowest BCUT2D eigenvalue weighted by Gasteiger charge is -2.19. The van der Waals surface area contributed by atoms with Gasteiger partial charge in [0.05, 0.1) is 62.0 Å². The number of thiophene rings is 1. The van der Waals surface area contributed by atoms with E-state index in [2.05, 4.69) is 28.5 Å². The molecule has 0 unspecified atom stereocenters. The summed E-state index contributed by atoms with van der Waals surface area (Å²) in [4.78, 5) is 41.4. The molecule has 2 amide bonds. The smallest absolute Gasteiger partial charge is 0.260 e. The van der Waals surface area contributed by atoms with Gasteiger partial charge in [-0.05, 0) is 52.4 Å². The van der Waals surface area contributed by atoms with Crippen LogP contribution in [0.2, 0.25) is 0 Å². The molecule has 3 aromatic carbocycles. The van der Waals surface area contributed by atoms with Crippen LogP contribution in [-0.2, 0) is 0 Å². The van der Waals surface area contributed by atoms with E-state index in [1.807, 2.05) is 55.5 Å². The molecule has 0 bridgehead atoms. The first-order valence-electron chi connectivity index (χ1n) is 17.1. The number of amides is 2. The molecule has 52 heavy (non-hydrogen) atoms. The van der Waals surface area contributed by atoms with Gasteiger partial charge in [-0.1, -0.05) is 18.2 Å². The minimum absolute atomic E-state index is 0.125. The molecule has 1 aromatic heterocycles. The van der Waals surface area contributed by atoms with Gasteiger partial charge >= 0.3 is 0 Å². The predicted molar refractivity (Wildman–Crippen MR) is 203 cm³/mol. The van der Waals surface area contributed by atoms with E-state index in [1.165, 1.54) is 0 Å². The number of methoxy groups -OCH3 is 2. The third kappa shape index (κ3) is 6.19. The first-order valence-corrected chi connectivity index (χ1v) is 18.0. The fourth-order valence-electron chi connectivity index (χ4n) is 6.85. The summed E-state index contributed by atoms with van der Waals surface area (Å²) in [6.07, 6.45) is 9.44. The number of carbonyl (C=O) groups excluding carboxylic acids is 2. The third-order valence-electron chi connectivity index (χ3n) is 9.61. The molecule has 4 aliphatic heterocycles. The van der Waals surface area contributed by atoms with Gasteiger partial charge in [0.2, 0.25) is 0 Å². The number of fused-ring (bicyclic) bond motifs is 4. The minimum Gasteiger partial charge on any atom is -0.493 e. The number of hydrogen-bond donors (Lipinski definition) is 1. The number of benzene rings is 3. The Kier molecular flexibility index (Phi) is 8.98. The number of nitrogens with one attached hydrogen (secondary N) is 1. The van der Waals surface area contributed by atoms with Gasteiger partial charge in [-0.2, -0.15) is 0 Å². The maximum absolute atomic E-state index is 13.7. The highest BCUT2D eigenvalue weighted by Crippen LogP contribution is 2.42. The molecule has 0 saturated carbocycles. The van der Waals surface area contributed by atoms with E-state index in [-0.39, 0.29) is 23.9 Å². The molecule has 264 valence electrons. The topological polar surface area (TPSA) is 114 Å². The summed E-state index contributed by atoms with van der Waals surface area (Å²) in [5.74, 6) is 1.61. The zero-order valence-corrected chi connectivity index (χ0v) is 29.8. The average molecular weight is 716 g/mol. The lowest BCUT2D eigenvalue weighted by molar-refractivity contribution is 0.0809. The molecule has 2 atom stereocenters. The molecule has 0 spiro atoms. The van der Waals surface area contributed by atoms with Gasteiger partial charge in [0.15, 0.2) is 23.0 Å². The van der Waals surface area contributed by atoms with Crippen molar-refractivity contribution in [2.75, 3.05) is 39.8 Å². The molecular weight excluding hydrogens is 679 g/mol. The number of aliphatic imine (C=N–C) groups is 2. The fourth-order valence-corrected chi connectivity index (χ4v) is 7.60. The van der Waals surface area contributed by atoms with Gasteiger partial charge in [-0.3, -0.25) is 19.6 Å². The van der Waals surface area contributed by atoms with E-state index in [0.29, 0.717) is 78.0 Å². The molecule has 11 nitrogen and oxygen atoms in total. The van der Waals surface area contributed by atoms with Gasteiger partial charge < -0.3 is 34.1 Å². The zero-order chi connectivity index (χ0) is 35.8. The summed E-state index contributed by atoms with van der Waals surface area (Å²) < 4.78 is 23.5. The third-order valence-corrected chi connectivity index (χ3v) is 10.6. The Bertz CT molecular complexity index is 2160. The van der Waals surface area contributed by atoms with Crippen molar-refractivity contribution in [3.8, 4) is 23.0 Å². The van der Waals surface area contributed by atoms with Crippen molar-refractivity contribution in [2.24, 2.45) is 9.98 Å². The summed E-state index contributed by atoms with van der Waals surface area (Å²) in [6, 6.07) is 18.8. The molecule has 0 aliphatic carbocycles. The van der Waals surface area contributed by atoms with Crippen LogP contribution in [0.5, 0.6) is 23.0 Å². The number of ether oxygens (including phenoxy) is 4. The second kappa shape index (κ2) is 14.0. The standard InChI is InChI=1S/C40H37N5O6S/c1-41-27-9-7-24(8-10-27)25-14-28-20-42-32-18-36(34(48-2)16-30(32)39(46)44(28)22-25)50-11-5-12-51-37-19-33-31(17-35(37)49-3)40(47)45-23-26(15-29(45)21-43-33)38-6-4-13-52-38/h4,6-10,13,16-23,28-29,41H,5,11-12,14-15H2,1-3H3/t28-,29-/m0/s1. The summed E-state index contributed by atoms with van der Waals surface area (Å²) >= 11 is 1.66. The highest BCUT2D eigenvalue weighted by molar-refractivity contribution is 7.11. The van der Waals surface area contributed by atoms with E-state index in [9.17, 15) is 9.59 Å². The SMILES string of the molecule is CNc1ccc(C2=CN3C(=O)c4cc(OC)c(OCCCOc5cc6c(cc5OC)C(=O)N5C=C(c7cccs7)C[C@H]5C=N6)cc4N=C[C@@H]3C2)cc1. The van der Waals surface area contributed by atoms with Crippen LogP contribution < -0.4 is 24.3 Å². The summed E-state index contributed by atoms with van der Waals surface area (Å²) in [7, 11) is 4.99. The van der Waals surface area contributed by atoms with Crippen molar-refractivity contribution < 1.29 is 28.5 Å². The van der Waals surface area contributed by atoms with Gasteiger partial charge in [0.25, 0.3) is 11.8 Å². The van der Waals surface area contributed by atoms with Crippen LogP contribution >= 0.6 is 11.3 Å². The number of hydrogen-bond acceptors (Lipinski definition) is 10. The predicted octanol–water partition coefficient (Wildman–Crippen LogP) is 7.60. The van der Waals surface area contributed by atoms with Crippen LogP contribution in [0.3, 0.4) is 0 Å². The number of anilines is 1. The summed E-state index contributed by atoms with van der Waals surface area (Å²) in [5, 5.41) is 5.17. The quantitative estimate of drug-likeness (QED) is 0.159. The molecule has 1 N–H and O–H groups in total. The van der Waals surface area contributed by atoms with Crippen LogP contribution in [0, 0.1) is 0 Å². The van der Waals surface area contributed by atoms with Crippen molar-refractivity contribution in [3.63, 3.8) is 0 Å². The Balaban J connectivity index is 0.912. The molecule has 4 aromatic rings. The molecule has 0 fully saturated rings. The Hall–Kier alpha value is -5.88. The Morgan fingerprint density at radius 3 is 1.83 bits per heavy atom. The van der Waals surface area contributed by atoms with Crippen molar-refractivity contribution >= 4 is 63.8 Å². The lowest BCUT2D eigenvalue weighted by Crippen LogP contribution is -2.32. The first-order chi connectivity index (χ1) is 25.4. The van der Waals surface area contributed by atoms with Crippen molar-refractivity contribution in [3.05, 3.63) is 100 Å². The molecule has 0 radical (unpaired) electrons. The van der Waals surface area contributed by atoms with Crippen molar-refractivity contribution in [2.45, 2.75) is 31.3 Å². The lowest BCUT2D eigenvalue weighted by atomic mass is 10.0.